The highest BCUT2D eigenvalue weighted by Crippen LogP contribution is 2.34. The molecule has 150 valence electrons. The second-order valence-electron chi connectivity index (χ2n) is 5.59. The fourth-order valence-corrected chi connectivity index (χ4v) is 2.48. The number of amides is 1. The molecule has 0 bridgehead atoms. The molecule has 1 aromatic heterocycles. The molecule has 0 saturated heterocycles. The van der Waals surface area contributed by atoms with Crippen LogP contribution in [0.4, 0.5) is 19.0 Å². The predicted molar refractivity (Wildman–Crippen MR) is 98.7 cm³/mol. The lowest BCUT2D eigenvalue weighted by molar-refractivity contribution is -0.137. The molecule has 1 atom stereocenters. The van der Waals surface area contributed by atoms with Crippen molar-refractivity contribution < 1.29 is 22.7 Å². The number of hydrogen-bond donors (Lipinski definition) is 2. The molecule has 27 heavy (non-hydrogen) atoms. The van der Waals surface area contributed by atoms with Gasteiger partial charge in [-0.25, -0.2) is 4.68 Å². The molecule has 0 aliphatic heterocycles. The molecule has 0 fully saturated rings. The van der Waals surface area contributed by atoms with Gasteiger partial charge in [-0.3, -0.25) is 4.79 Å². The lowest BCUT2D eigenvalue weighted by Gasteiger charge is -2.15. The zero-order valence-corrected chi connectivity index (χ0v) is 16.1. The number of aryl methyl sites for hydroxylation is 1. The van der Waals surface area contributed by atoms with Crippen molar-refractivity contribution in [3.8, 4) is 5.69 Å². The van der Waals surface area contributed by atoms with E-state index in [4.69, 9.17) is 22.1 Å². The number of halogens is 5. The number of nitrogens with zero attached hydrogens (tertiary/aromatic N) is 2. The minimum absolute atomic E-state index is 0. The van der Waals surface area contributed by atoms with E-state index in [0.29, 0.717) is 5.69 Å². The Balaban J connectivity index is 0.00000364. The van der Waals surface area contributed by atoms with Gasteiger partial charge in [0.15, 0.2) is 0 Å². The van der Waals surface area contributed by atoms with Crippen LogP contribution in [0.25, 0.3) is 5.69 Å². The molecule has 1 heterocycles. The molecule has 1 amide bonds. The monoisotopic (exact) mass is 426 g/mol. The van der Waals surface area contributed by atoms with Gasteiger partial charge in [-0.2, -0.15) is 18.3 Å². The number of alkyl halides is 3. The summed E-state index contributed by atoms with van der Waals surface area (Å²) in [7, 11) is 1.43. The molecule has 2 aromatic rings. The van der Waals surface area contributed by atoms with Crippen LogP contribution in [0.15, 0.2) is 24.3 Å². The molecule has 0 aliphatic rings. The van der Waals surface area contributed by atoms with E-state index >= 15 is 0 Å². The normalized spacial score (nSPS) is 12.4. The van der Waals surface area contributed by atoms with E-state index < -0.39 is 23.8 Å². The number of ether oxygens (including phenoxy) is 1. The highest BCUT2D eigenvalue weighted by molar-refractivity contribution is 6.32. The van der Waals surface area contributed by atoms with Gasteiger partial charge in [0.1, 0.15) is 5.82 Å². The first-order valence-corrected chi connectivity index (χ1v) is 8.00. The molecular formula is C16H19Cl2F3N4O2. The van der Waals surface area contributed by atoms with Crippen molar-refractivity contribution >= 4 is 35.7 Å². The van der Waals surface area contributed by atoms with Crippen LogP contribution in [-0.4, -0.2) is 35.4 Å². The predicted octanol–water partition coefficient (Wildman–Crippen LogP) is 3.58. The first-order chi connectivity index (χ1) is 12.2. The first kappa shape index (κ1) is 23.2. The van der Waals surface area contributed by atoms with Crippen LogP contribution in [0.5, 0.6) is 0 Å². The van der Waals surface area contributed by atoms with Gasteiger partial charge in [0, 0.05) is 19.7 Å². The average molecular weight is 427 g/mol. The molecular weight excluding hydrogens is 408 g/mol. The van der Waals surface area contributed by atoms with E-state index in [9.17, 15) is 18.0 Å². The minimum atomic E-state index is -4.53. The topological polar surface area (TPSA) is 82.2 Å². The Labute approximate surface area is 165 Å². The number of methoxy groups -OCH3 is 1. The van der Waals surface area contributed by atoms with Crippen molar-refractivity contribution in [3.63, 3.8) is 0 Å². The molecule has 2 rings (SSSR count). The van der Waals surface area contributed by atoms with Crippen molar-refractivity contribution in [3.05, 3.63) is 40.5 Å². The van der Waals surface area contributed by atoms with Gasteiger partial charge in [0.25, 0.3) is 0 Å². The highest BCUT2D eigenvalue weighted by Gasteiger charge is 2.31. The van der Waals surface area contributed by atoms with Crippen molar-refractivity contribution in [2.75, 3.05) is 19.0 Å². The Hall–Kier alpha value is -1.81. The number of carbonyl (C=O) groups is 1. The van der Waals surface area contributed by atoms with E-state index in [-0.39, 0.29) is 41.9 Å². The zero-order chi connectivity index (χ0) is 19.5. The zero-order valence-electron chi connectivity index (χ0n) is 14.5. The summed E-state index contributed by atoms with van der Waals surface area (Å²) < 4.78 is 45.2. The van der Waals surface area contributed by atoms with Crippen molar-refractivity contribution in [2.24, 2.45) is 5.73 Å². The smallest absolute Gasteiger partial charge is 0.380 e. The SMILES string of the molecule is COC(CN)CC(=O)Nc1cc(C)nn1-c1cc(C(F)(F)F)ccc1Cl.Cl. The van der Waals surface area contributed by atoms with E-state index in [1.54, 1.807) is 6.92 Å². The van der Waals surface area contributed by atoms with Gasteiger partial charge >= 0.3 is 6.18 Å². The Morgan fingerprint density at radius 3 is 2.63 bits per heavy atom. The summed E-state index contributed by atoms with van der Waals surface area (Å²) in [6.45, 7) is 1.80. The second-order valence-corrected chi connectivity index (χ2v) is 6.00. The summed E-state index contributed by atoms with van der Waals surface area (Å²) in [4.78, 5) is 12.1. The third-order valence-electron chi connectivity index (χ3n) is 3.61. The Kier molecular flexibility index (Phi) is 8.09. The second kappa shape index (κ2) is 9.41. The molecule has 0 radical (unpaired) electrons. The summed E-state index contributed by atoms with van der Waals surface area (Å²) in [6.07, 6.45) is -5.00. The van der Waals surface area contributed by atoms with Gasteiger partial charge < -0.3 is 15.8 Å². The van der Waals surface area contributed by atoms with Gasteiger partial charge in [-0.15, -0.1) is 12.4 Å². The fourth-order valence-electron chi connectivity index (χ4n) is 2.29. The van der Waals surface area contributed by atoms with Gasteiger partial charge in [0.05, 0.1) is 34.5 Å². The molecule has 6 nitrogen and oxygen atoms in total. The first-order valence-electron chi connectivity index (χ1n) is 7.62. The molecule has 11 heteroatoms. The standard InChI is InChI=1S/C16H18ClF3N4O2.ClH/c1-9-5-14(22-15(25)7-11(8-21)26-2)24(23-9)13-6-10(16(18,19)20)3-4-12(13)17;/h3-6,11H,7-8,21H2,1-2H3,(H,22,25);1H. The number of nitrogens with two attached hydrogens (primary N) is 1. The van der Waals surface area contributed by atoms with E-state index in [1.807, 2.05) is 0 Å². The average Bonchev–Trinajstić information content (AvgIpc) is 2.92. The molecule has 1 aromatic carbocycles. The summed E-state index contributed by atoms with van der Waals surface area (Å²) in [6, 6.07) is 4.42. The largest absolute Gasteiger partial charge is 0.416 e. The minimum Gasteiger partial charge on any atom is -0.380 e. The van der Waals surface area contributed by atoms with Crippen LogP contribution in [0.3, 0.4) is 0 Å². The van der Waals surface area contributed by atoms with Gasteiger partial charge in [-0.1, -0.05) is 11.6 Å². The van der Waals surface area contributed by atoms with Crippen LogP contribution in [-0.2, 0) is 15.7 Å². The van der Waals surface area contributed by atoms with Crippen LogP contribution in [0.2, 0.25) is 5.02 Å². The van der Waals surface area contributed by atoms with E-state index in [1.165, 1.54) is 13.2 Å². The number of aromatic nitrogens is 2. The number of carbonyl (C=O) groups excluding carboxylic acids is 1. The maximum Gasteiger partial charge on any atom is 0.416 e. The van der Waals surface area contributed by atoms with E-state index in [2.05, 4.69) is 10.4 Å². The molecule has 0 aliphatic carbocycles. The van der Waals surface area contributed by atoms with Crippen LogP contribution >= 0.6 is 24.0 Å². The van der Waals surface area contributed by atoms with Crippen molar-refractivity contribution in [2.45, 2.75) is 25.6 Å². The lowest BCUT2D eigenvalue weighted by atomic mass is 10.2. The molecule has 0 saturated carbocycles. The quantitative estimate of drug-likeness (QED) is 0.739. The molecule has 3 N–H and O–H groups in total. The Morgan fingerprint density at radius 1 is 1.41 bits per heavy atom. The highest BCUT2D eigenvalue weighted by atomic mass is 35.5. The van der Waals surface area contributed by atoms with Gasteiger partial charge in [0.2, 0.25) is 5.91 Å². The molecule has 1 unspecified atom stereocenters. The van der Waals surface area contributed by atoms with E-state index in [0.717, 1.165) is 22.9 Å². The lowest BCUT2D eigenvalue weighted by Crippen LogP contribution is -2.28. The number of anilines is 1. The van der Waals surface area contributed by atoms with Crippen LogP contribution < -0.4 is 11.1 Å². The number of hydrogen-bond acceptors (Lipinski definition) is 4. The summed E-state index contributed by atoms with van der Waals surface area (Å²) in [5.74, 6) is -0.216. The Morgan fingerprint density at radius 2 is 2.07 bits per heavy atom. The summed E-state index contributed by atoms with van der Waals surface area (Å²) >= 11 is 6.05. The fraction of sp³-hybridized carbons (Fsp3) is 0.375. The number of benzene rings is 1. The third-order valence-corrected chi connectivity index (χ3v) is 3.93. The van der Waals surface area contributed by atoms with Crippen molar-refractivity contribution in [1.82, 2.24) is 9.78 Å². The van der Waals surface area contributed by atoms with Gasteiger partial charge in [-0.05, 0) is 25.1 Å². The maximum absolute atomic E-state index is 13.0. The third kappa shape index (κ3) is 5.83. The number of nitrogens with one attached hydrogen (secondary N) is 1. The van der Waals surface area contributed by atoms with Crippen molar-refractivity contribution in [1.29, 1.82) is 0 Å². The van der Waals surface area contributed by atoms with Crippen LogP contribution in [0.1, 0.15) is 17.7 Å². The number of rotatable bonds is 6. The molecule has 0 spiro atoms. The van der Waals surface area contributed by atoms with Crippen LogP contribution in [0, 0.1) is 6.92 Å². The maximum atomic E-state index is 13.0. The summed E-state index contributed by atoms with van der Waals surface area (Å²) in [5, 5.41) is 6.80. The summed E-state index contributed by atoms with van der Waals surface area (Å²) in [5.41, 5.74) is 5.11. The Bertz CT molecular complexity index is 792.